The Morgan fingerprint density at radius 1 is 1.11 bits per heavy atom. The minimum Gasteiger partial charge on any atom is -0.301 e. The van der Waals surface area contributed by atoms with Crippen molar-refractivity contribution in [2.45, 2.75) is 13.8 Å². The number of anilines is 2. The normalized spacial score (nSPS) is 9.21. The van der Waals surface area contributed by atoms with Crippen LogP contribution >= 0.6 is 38.6 Å². The van der Waals surface area contributed by atoms with Crippen molar-refractivity contribution in [2.75, 3.05) is 10.6 Å². The van der Waals surface area contributed by atoms with Crippen molar-refractivity contribution in [1.82, 2.24) is 20.4 Å². The standard InChI is InChI=1S/C4H4BrN3OS.C4H5N3OS/c1-2(9)6-4-8-7-3(5)10-4;1-3(8)6-4-7-5-2-9-4/h1H3,(H,6,8,9);2H,1H3,(H,6,7,8). The van der Waals surface area contributed by atoms with Gasteiger partial charge in [0.1, 0.15) is 5.51 Å². The van der Waals surface area contributed by atoms with Gasteiger partial charge in [0.2, 0.25) is 22.1 Å². The number of carbonyl (C=O) groups is 2. The number of hydrogen-bond acceptors (Lipinski definition) is 8. The molecular formula is C8H9BrN6O2S2. The van der Waals surface area contributed by atoms with Crippen LogP contribution in [0.1, 0.15) is 13.8 Å². The van der Waals surface area contributed by atoms with E-state index in [0.717, 1.165) is 0 Å². The zero-order valence-corrected chi connectivity index (χ0v) is 13.1. The zero-order valence-electron chi connectivity index (χ0n) is 9.88. The number of rotatable bonds is 2. The highest BCUT2D eigenvalue weighted by Crippen LogP contribution is 2.19. The van der Waals surface area contributed by atoms with Gasteiger partial charge in [0.25, 0.3) is 0 Å². The summed E-state index contributed by atoms with van der Waals surface area (Å²) in [4.78, 5) is 20.8. The highest BCUT2D eigenvalue weighted by Gasteiger charge is 2.00. The van der Waals surface area contributed by atoms with E-state index in [2.05, 4.69) is 47.0 Å². The second kappa shape index (κ2) is 7.86. The summed E-state index contributed by atoms with van der Waals surface area (Å²) in [5, 5.41) is 20.5. The van der Waals surface area contributed by atoms with Crippen molar-refractivity contribution in [3.8, 4) is 0 Å². The van der Waals surface area contributed by atoms with Gasteiger partial charge < -0.3 is 10.6 Å². The molecule has 8 nitrogen and oxygen atoms in total. The first kappa shape index (κ1) is 15.6. The Morgan fingerprint density at radius 2 is 1.74 bits per heavy atom. The van der Waals surface area contributed by atoms with Gasteiger partial charge in [-0.05, 0) is 15.9 Å². The Labute approximate surface area is 124 Å². The van der Waals surface area contributed by atoms with E-state index in [1.807, 2.05) is 0 Å². The van der Waals surface area contributed by atoms with Crippen LogP contribution in [0.3, 0.4) is 0 Å². The van der Waals surface area contributed by atoms with E-state index < -0.39 is 0 Å². The van der Waals surface area contributed by atoms with Crippen LogP contribution in [-0.2, 0) is 9.59 Å². The summed E-state index contributed by atoms with van der Waals surface area (Å²) in [6.07, 6.45) is 0. The van der Waals surface area contributed by atoms with Crippen molar-refractivity contribution in [2.24, 2.45) is 0 Å². The molecule has 102 valence electrons. The number of hydrogen-bond donors (Lipinski definition) is 2. The third kappa shape index (κ3) is 6.88. The average molecular weight is 365 g/mol. The molecular weight excluding hydrogens is 356 g/mol. The maximum absolute atomic E-state index is 10.4. The number of nitrogens with zero attached hydrogens (tertiary/aromatic N) is 4. The van der Waals surface area contributed by atoms with E-state index in [0.29, 0.717) is 14.2 Å². The summed E-state index contributed by atoms with van der Waals surface area (Å²) < 4.78 is 0.663. The fraction of sp³-hybridized carbons (Fsp3) is 0.250. The first-order valence-electron chi connectivity index (χ1n) is 4.77. The molecule has 0 radical (unpaired) electrons. The lowest BCUT2D eigenvalue weighted by Crippen LogP contribution is -2.04. The van der Waals surface area contributed by atoms with E-state index >= 15 is 0 Å². The molecule has 19 heavy (non-hydrogen) atoms. The van der Waals surface area contributed by atoms with Crippen molar-refractivity contribution < 1.29 is 9.59 Å². The molecule has 0 unspecified atom stereocenters. The average Bonchev–Trinajstić information content (AvgIpc) is 2.90. The Balaban J connectivity index is 0.000000191. The van der Waals surface area contributed by atoms with Crippen molar-refractivity contribution in [3.05, 3.63) is 9.43 Å². The first-order valence-corrected chi connectivity index (χ1v) is 7.26. The number of carbonyl (C=O) groups excluding carboxylic acids is 2. The molecule has 2 N–H and O–H groups in total. The van der Waals surface area contributed by atoms with E-state index in [-0.39, 0.29) is 11.8 Å². The van der Waals surface area contributed by atoms with Crippen LogP contribution in [0.2, 0.25) is 0 Å². The van der Waals surface area contributed by atoms with Crippen LogP contribution in [0.5, 0.6) is 0 Å². The predicted molar refractivity (Wildman–Crippen MR) is 76.1 cm³/mol. The highest BCUT2D eigenvalue weighted by atomic mass is 79.9. The predicted octanol–water partition coefficient (Wildman–Crippen LogP) is 1.76. The van der Waals surface area contributed by atoms with Crippen LogP contribution in [0.25, 0.3) is 0 Å². The highest BCUT2D eigenvalue weighted by molar-refractivity contribution is 9.11. The maximum Gasteiger partial charge on any atom is 0.223 e. The lowest BCUT2D eigenvalue weighted by Gasteiger charge is -1.89. The van der Waals surface area contributed by atoms with Crippen LogP contribution in [0.4, 0.5) is 10.3 Å². The third-order valence-electron chi connectivity index (χ3n) is 1.33. The molecule has 0 fully saturated rings. The number of halogens is 1. The molecule has 2 heterocycles. The van der Waals surface area contributed by atoms with Gasteiger partial charge in [-0.25, -0.2) is 0 Å². The smallest absolute Gasteiger partial charge is 0.223 e. The van der Waals surface area contributed by atoms with E-state index in [9.17, 15) is 9.59 Å². The Hall–Kier alpha value is -1.46. The third-order valence-corrected chi connectivity index (χ3v) is 3.20. The molecule has 0 aromatic carbocycles. The van der Waals surface area contributed by atoms with Gasteiger partial charge in [-0.2, -0.15) is 0 Å². The topological polar surface area (TPSA) is 110 Å². The largest absolute Gasteiger partial charge is 0.301 e. The second-order valence-corrected chi connectivity index (χ2v) is 6.05. The van der Waals surface area contributed by atoms with Gasteiger partial charge in [0, 0.05) is 13.8 Å². The van der Waals surface area contributed by atoms with Crippen LogP contribution in [0.15, 0.2) is 9.43 Å². The van der Waals surface area contributed by atoms with Gasteiger partial charge in [-0.15, -0.1) is 20.4 Å². The van der Waals surface area contributed by atoms with Gasteiger partial charge in [0.05, 0.1) is 0 Å². The van der Waals surface area contributed by atoms with Gasteiger partial charge >= 0.3 is 0 Å². The summed E-state index contributed by atoms with van der Waals surface area (Å²) in [5.74, 6) is -0.254. The maximum atomic E-state index is 10.4. The SMILES string of the molecule is CC(=O)Nc1nnc(Br)s1.CC(=O)Nc1nncs1. The van der Waals surface area contributed by atoms with Gasteiger partial charge in [0.15, 0.2) is 3.92 Å². The van der Waals surface area contributed by atoms with Crippen LogP contribution in [0, 0.1) is 0 Å². The minimum atomic E-state index is -0.136. The molecule has 0 aliphatic heterocycles. The number of aromatic nitrogens is 4. The summed E-state index contributed by atoms with van der Waals surface area (Å²) >= 11 is 5.69. The van der Waals surface area contributed by atoms with Crippen molar-refractivity contribution in [3.63, 3.8) is 0 Å². The van der Waals surface area contributed by atoms with Crippen molar-refractivity contribution >= 4 is 60.7 Å². The first-order chi connectivity index (χ1) is 8.97. The lowest BCUT2D eigenvalue weighted by atomic mass is 10.7. The molecule has 2 aromatic heterocycles. The Bertz CT molecular complexity index is 543. The monoisotopic (exact) mass is 364 g/mol. The number of nitrogens with one attached hydrogen (secondary N) is 2. The summed E-state index contributed by atoms with van der Waals surface area (Å²) in [5.41, 5.74) is 1.56. The Morgan fingerprint density at radius 3 is 2.16 bits per heavy atom. The van der Waals surface area contributed by atoms with Gasteiger partial charge in [-0.1, -0.05) is 22.7 Å². The summed E-state index contributed by atoms with van der Waals surface area (Å²) in [6.45, 7) is 2.86. The molecule has 0 aliphatic rings. The molecule has 0 bridgehead atoms. The molecule has 2 rings (SSSR count). The second-order valence-electron chi connectivity index (χ2n) is 2.97. The zero-order chi connectivity index (χ0) is 14.3. The quantitative estimate of drug-likeness (QED) is 0.839. The minimum absolute atomic E-state index is 0.119. The van der Waals surface area contributed by atoms with Crippen molar-refractivity contribution in [1.29, 1.82) is 0 Å². The molecule has 0 atom stereocenters. The lowest BCUT2D eigenvalue weighted by molar-refractivity contribution is -0.115. The van der Waals surface area contributed by atoms with E-state index in [1.165, 1.54) is 36.5 Å². The molecule has 2 amide bonds. The molecule has 0 aliphatic carbocycles. The van der Waals surface area contributed by atoms with Gasteiger partial charge in [-0.3, -0.25) is 9.59 Å². The van der Waals surface area contributed by atoms with Crippen LogP contribution in [-0.4, -0.2) is 32.2 Å². The molecule has 0 saturated heterocycles. The van der Waals surface area contributed by atoms with E-state index in [1.54, 1.807) is 5.51 Å². The summed E-state index contributed by atoms with van der Waals surface area (Å²) in [7, 11) is 0. The molecule has 0 saturated carbocycles. The number of amides is 2. The molecule has 0 spiro atoms. The fourth-order valence-corrected chi connectivity index (χ4v) is 2.33. The Kier molecular flexibility index (Phi) is 6.45. The van der Waals surface area contributed by atoms with Crippen LogP contribution < -0.4 is 10.6 Å². The molecule has 2 aromatic rings. The van der Waals surface area contributed by atoms with E-state index in [4.69, 9.17) is 0 Å². The molecule has 11 heteroatoms. The summed E-state index contributed by atoms with van der Waals surface area (Å²) in [6, 6.07) is 0. The fourth-order valence-electron chi connectivity index (χ4n) is 0.785.